The first kappa shape index (κ1) is 16.2. The maximum Gasteiger partial charge on any atom is 0.303 e. The molecular formula is C18H20N4O2S. The van der Waals surface area contributed by atoms with Crippen LogP contribution in [0.15, 0.2) is 30.3 Å². The van der Waals surface area contributed by atoms with Crippen molar-refractivity contribution in [3.63, 3.8) is 0 Å². The summed E-state index contributed by atoms with van der Waals surface area (Å²) in [5.74, 6) is -0.777. The second kappa shape index (κ2) is 6.93. The first-order valence-electron chi connectivity index (χ1n) is 8.51. The molecule has 1 aliphatic heterocycles. The highest BCUT2D eigenvalue weighted by Gasteiger charge is 2.18. The molecule has 25 heavy (non-hydrogen) atoms. The van der Waals surface area contributed by atoms with E-state index in [1.54, 1.807) is 11.3 Å². The Morgan fingerprint density at radius 2 is 2.16 bits per heavy atom. The van der Waals surface area contributed by atoms with Gasteiger partial charge in [0.1, 0.15) is 5.01 Å². The van der Waals surface area contributed by atoms with Crippen LogP contribution in [0.5, 0.6) is 0 Å². The number of thiazole rings is 1. The van der Waals surface area contributed by atoms with Crippen LogP contribution in [0.4, 0.5) is 0 Å². The fourth-order valence-corrected chi connectivity index (χ4v) is 4.27. The second-order valence-corrected chi connectivity index (χ2v) is 7.50. The average Bonchev–Trinajstić information content (AvgIpc) is 3.11. The van der Waals surface area contributed by atoms with Crippen LogP contribution in [-0.2, 0) is 30.8 Å². The predicted molar refractivity (Wildman–Crippen MR) is 96.5 cm³/mol. The summed E-state index contributed by atoms with van der Waals surface area (Å²) in [4.78, 5) is 17.9. The zero-order chi connectivity index (χ0) is 17.2. The third-order valence-corrected chi connectivity index (χ3v) is 5.46. The topological polar surface area (TPSA) is 71.2 Å². The number of para-hydroxylation sites is 1. The molecule has 0 bridgehead atoms. The van der Waals surface area contributed by atoms with E-state index in [4.69, 9.17) is 10.1 Å². The van der Waals surface area contributed by atoms with Gasteiger partial charge in [0.2, 0.25) is 0 Å². The number of hydrogen-bond acceptors (Lipinski definition) is 5. The van der Waals surface area contributed by atoms with Gasteiger partial charge in [-0.15, -0.1) is 11.3 Å². The Kier molecular flexibility index (Phi) is 4.50. The summed E-state index contributed by atoms with van der Waals surface area (Å²) in [5, 5.41) is 14.6. The molecule has 0 fully saturated rings. The first-order valence-corrected chi connectivity index (χ1v) is 9.33. The quantitative estimate of drug-likeness (QED) is 0.761. The van der Waals surface area contributed by atoms with E-state index in [2.05, 4.69) is 28.2 Å². The van der Waals surface area contributed by atoms with Gasteiger partial charge in [-0.3, -0.25) is 14.4 Å². The van der Waals surface area contributed by atoms with Gasteiger partial charge in [0, 0.05) is 26.1 Å². The lowest BCUT2D eigenvalue weighted by Gasteiger charge is -2.17. The van der Waals surface area contributed by atoms with E-state index in [-0.39, 0.29) is 6.42 Å². The lowest BCUT2D eigenvalue weighted by molar-refractivity contribution is -0.136. The van der Waals surface area contributed by atoms with Crippen molar-refractivity contribution in [1.29, 1.82) is 0 Å². The van der Waals surface area contributed by atoms with E-state index < -0.39 is 5.97 Å². The molecule has 1 aliphatic rings. The Bertz CT molecular complexity index is 869. The van der Waals surface area contributed by atoms with E-state index in [1.165, 1.54) is 10.4 Å². The number of hydrogen-bond donors (Lipinski definition) is 1. The van der Waals surface area contributed by atoms with Gasteiger partial charge in [-0.25, -0.2) is 4.98 Å². The molecule has 3 heterocycles. The van der Waals surface area contributed by atoms with E-state index in [9.17, 15) is 4.79 Å². The highest BCUT2D eigenvalue weighted by Crippen LogP contribution is 2.24. The minimum atomic E-state index is -0.777. The summed E-state index contributed by atoms with van der Waals surface area (Å²) in [6.45, 7) is 3.58. The van der Waals surface area contributed by atoms with Crippen molar-refractivity contribution in [2.24, 2.45) is 0 Å². The third kappa shape index (κ3) is 3.72. The van der Waals surface area contributed by atoms with Gasteiger partial charge in [-0.1, -0.05) is 12.1 Å². The SMILES string of the molecule is O=C(O)CCc1cc2n(n1)CCCN(Cc1nc3ccccc3s1)C2. The summed E-state index contributed by atoms with van der Waals surface area (Å²) in [7, 11) is 0. The summed E-state index contributed by atoms with van der Waals surface area (Å²) >= 11 is 1.76. The molecule has 3 aromatic rings. The minimum Gasteiger partial charge on any atom is -0.481 e. The van der Waals surface area contributed by atoms with E-state index >= 15 is 0 Å². The predicted octanol–water partition coefficient (Wildman–Crippen LogP) is 2.92. The molecule has 0 atom stereocenters. The van der Waals surface area contributed by atoms with Gasteiger partial charge in [0.05, 0.1) is 34.6 Å². The molecule has 130 valence electrons. The van der Waals surface area contributed by atoms with Crippen molar-refractivity contribution in [3.05, 3.63) is 46.7 Å². The van der Waals surface area contributed by atoms with Crippen LogP contribution in [0.2, 0.25) is 0 Å². The largest absolute Gasteiger partial charge is 0.481 e. The summed E-state index contributed by atoms with van der Waals surface area (Å²) in [5.41, 5.74) is 3.11. The molecule has 0 unspecified atom stereocenters. The van der Waals surface area contributed by atoms with Crippen LogP contribution >= 0.6 is 11.3 Å². The number of carboxylic acids is 1. The van der Waals surface area contributed by atoms with Crippen molar-refractivity contribution >= 4 is 27.5 Å². The molecule has 6 nitrogen and oxygen atoms in total. The molecule has 0 spiro atoms. The summed E-state index contributed by atoms with van der Waals surface area (Å²) in [6, 6.07) is 10.3. The standard InChI is InChI=1S/C18H20N4O2S/c23-18(24)7-6-13-10-14-11-21(8-3-9-22(14)20-13)12-17-19-15-4-1-2-5-16(15)25-17/h1-2,4-5,10H,3,6-9,11-12H2,(H,23,24). The maximum absolute atomic E-state index is 10.8. The number of aryl methyl sites for hydroxylation is 2. The fraction of sp³-hybridized carbons (Fsp3) is 0.389. The number of nitrogens with zero attached hydrogens (tertiary/aromatic N) is 4. The van der Waals surface area contributed by atoms with Crippen molar-refractivity contribution < 1.29 is 9.90 Å². The minimum absolute atomic E-state index is 0.131. The van der Waals surface area contributed by atoms with Gasteiger partial charge in [0.25, 0.3) is 0 Å². The number of carbonyl (C=O) groups is 1. The first-order chi connectivity index (χ1) is 12.2. The second-order valence-electron chi connectivity index (χ2n) is 6.38. The Hall–Kier alpha value is -2.25. The molecule has 0 aliphatic carbocycles. The molecule has 2 aromatic heterocycles. The van der Waals surface area contributed by atoms with Crippen molar-refractivity contribution in [2.45, 2.75) is 38.9 Å². The van der Waals surface area contributed by atoms with Crippen molar-refractivity contribution in [1.82, 2.24) is 19.7 Å². The van der Waals surface area contributed by atoms with Crippen LogP contribution in [0.25, 0.3) is 10.2 Å². The average molecular weight is 356 g/mol. The molecule has 0 saturated heterocycles. The van der Waals surface area contributed by atoms with Gasteiger partial charge in [0.15, 0.2) is 0 Å². The summed E-state index contributed by atoms with van der Waals surface area (Å²) in [6.07, 6.45) is 1.66. The molecule has 0 saturated carbocycles. The third-order valence-electron chi connectivity index (χ3n) is 4.44. The van der Waals surface area contributed by atoms with Gasteiger partial charge in [-0.05, 0) is 24.6 Å². The highest BCUT2D eigenvalue weighted by molar-refractivity contribution is 7.18. The lowest BCUT2D eigenvalue weighted by atomic mass is 10.2. The Morgan fingerprint density at radius 1 is 1.28 bits per heavy atom. The van der Waals surface area contributed by atoms with Gasteiger partial charge >= 0.3 is 5.97 Å². The monoisotopic (exact) mass is 356 g/mol. The summed E-state index contributed by atoms with van der Waals surface area (Å²) < 4.78 is 3.27. The van der Waals surface area contributed by atoms with E-state index in [0.29, 0.717) is 6.42 Å². The molecule has 4 rings (SSSR count). The molecule has 0 amide bonds. The normalized spacial score (nSPS) is 15.2. The number of rotatable bonds is 5. The number of fused-ring (bicyclic) bond motifs is 2. The number of carboxylic acid groups (broad SMARTS) is 1. The number of benzene rings is 1. The van der Waals surface area contributed by atoms with Crippen molar-refractivity contribution in [2.75, 3.05) is 6.54 Å². The number of aliphatic carboxylic acids is 1. The van der Waals surface area contributed by atoms with Crippen molar-refractivity contribution in [3.8, 4) is 0 Å². The van der Waals surface area contributed by atoms with Crippen LogP contribution in [-0.4, -0.2) is 37.3 Å². The van der Waals surface area contributed by atoms with Gasteiger partial charge < -0.3 is 5.11 Å². The Balaban J connectivity index is 1.47. The molecule has 1 N–H and O–H groups in total. The molecular weight excluding hydrogens is 336 g/mol. The van der Waals surface area contributed by atoms with Crippen LogP contribution in [0, 0.1) is 0 Å². The molecule has 7 heteroatoms. The van der Waals surface area contributed by atoms with Gasteiger partial charge in [-0.2, -0.15) is 5.10 Å². The Labute approximate surface area is 149 Å². The lowest BCUT2D eigenvalue weighted by Crippen LogP contribution is -2.22. The smallest absolute Gasteiger partial charge is 0.303 e. The molecule has 0 radical (unpaired) electrons. The van der Waals surface area contributed by atoms with Crippen LogP contribution in [0.1, 0.15) is 29.2 Å². The van der Waals surface area contributed by atoms with E-state index in [0.717, 1.165) is 48.8 Å². The highest BCUT2D eigenvalue weighted by atomic mass is 32.1. The zero-order valence-electron chi connectivity index (χ0n) is 13.9. The zero-order valence-corrected chi connectivity index (χ0v) is 14.7. The maximum atomic E-state index is 10.8. The fourth-order valence-electron chi connectivity index (χ4n) is 3.26. The molecule has 1 aromatic carbocycles. The Morgan fingerprint density at radius 3 is 3.00 bits per heavy atom. The number of aromatic nitrogens is 3. The van der Waals surface area contributed by atoms with E-state index in [1.807, 2.05) is 16.8 Å². The van der Waals surface area contributed by atoms with Crippen LogP contribution in [0.3, 0.4) is 0 Å². The van der Waals surface area contributed by atoms with Crippen LogP contribution < -0.4 is 0 Å².